The number of carbonyl (C=O) groups excluding carboxylic acids is 2. The lowest BCUT2D eigenvalue weighted by Gasteiger charge is -2.01. The summed E-state index contributed by atoms with van der Waals surface area (Å²) >= 11 is 1.06. The van der Waals surface area contributed by atoms with E-state index in [1.807, 2.05) is 0 Å². The average molecular weight is 258 g/mol. The molecule has 1 aromatic rings. The molecule has 0 fully saturated rings. The van der Waals surface area contributed by atoms with Crippen molar-refractivity contribution in [2.45, 2.75) is 13.8 Å². The van der Waals surface area contributed by atoms with Crippen LogP contribution >= 0.6 is 11.3 Å². The van der Waals surface area contributed by atoms with E-state index in [0.29, 0.717) is 5.13 Å². The minimum Gasteiger partial charge on any atom is -0.462 e. The summed E-state index contributed by atoms with van der Waals surface area (Å²) in [4.78, 5) is 27.4. The number of hydrogen-bond donors (Lipinski definition) is 1. The number of esters is 2. The highest BCUT2D eigenvalue weighted by Crippen LogP contribution is 2.24. The Kier molecular flexibility index (Phi) is 4.89. The largest absolute Gasteiger partial charge is 0.462 e. The summed E-state index contributed by atoms with van der Waals surface area (Å²) in [5.41, 5.74) is -0.000324. The lowest BCUT2D eigenvalue weighted by molar-refractivity contribution is 0.0479. The number of thiazole rings is 1. The van der Waals surface area contributed by atoms with Crippen LogP contribution in [0.2, 0.25) is 0 Å². The van der Waals surface area contributed by atoms with E-state index in [4.69, 9.17) is 9.47 Å². The van der Waals surface area contributed by atoms with Gasteiger partial charge in [-0.15, -0.1) is 0 Å². The summed E-state index contributed by atoms with van der Waals surface area (Å²) in [7, 11) is 1.66. The zero-order chi connectivity index (χ0) is 12.8. The summed E-state index contributed by atoms with van der Waals surface area (Å²) in [6.45, 7) is 3.86. The molecule has 0 aliphatic rings. The van der Waals surface area contributed by atoms with Gasteiger partial charge < -0.3 is 14.8 Å². The SMILES string of the molecule is CCOC(=O)c1nc(NC)sc1C(=O)OCC. The van der Waals surface area contributed by atoms with E-state index < -0.39 is 11.9 Å². The topological polar surface area (TPSA) is 77.5 Å². The quantitative estimate of drug-likeness (QED) is 0.807. The van der Waals surface area contributed by atoms with E-state index in [-0.39, 0.29) is 23.8 Å². The van der Waals surface area contributed by atoms with Crippen LogP contribution in [0, 0.1) is 0 Å². The zero-order valence-electron chi connectivity index (χ0n) is 9.90. The molecule has 0 aliphatic carbocycles. The van der Waals surface area contributed by atoms with Gasteiger partial charge in [-0.3, -0.25) is 0 Å². The second kappa shape index (κ2) is 6.19. The molecule has 7 heteroatoms. The van der Waals surface area contributed by atoms with Crippen LogP contribution in [-0.2, 0) is 9.47 Å². The number of nitrogens with one attached hydrogen (secondary N) is 1. The number of ether oxygens (including phenoxy) is 2. The van der Waals surface area contributed by atoms with E-state index in [9.17, 15) is 9.59 Å². The summed E-state index contributed by atoms with van der Waals surface area (Å²) in [5.74, 6) is -1.18. The molecule has 0 aliphatic heterocycles. The zero-order valence-corrected chi connectivity index (χ0v) is 10.7. The third-order valence-corrected chi connectivity index (χ3v) is 2.82. The number of carbonyl (C=O) groups is 2. The Bertz CT molecular complexity index is 381. The molecular weight excluding hydrogens is 244 g/mol. The van der Waals surface area contributed by atoms with Gasteiger partial charge in [-0.25, -0.2) is 14.6 Å². The fourth-order valence-corrected chi connectivity index (χ4v) is 1.90. The van der Waals surface area contributed by atoms with Crippen LogP contribution < -0.4 is 5.32 Å². The van der Waals surface area contributed by atoms with Gasteiger partial charge in [0.1, 0.15) is 4.88 Å². The molecule has 0 saturated carbocycles. The molecule has 6 nitrogen and oxygen atoms in total. The number of rotatable bonds is 5. The van der Waals surface area contributed by atoms with E-state index in [2.05, 4.69) is 10.3 Å². The fourth-order valence-electron chi connectivity index (χ4n) is 1.10. The highest BCUT2D eigenvalue weighted by molar-refractivity contribution is 7.17. The van der Waals surface area contributed by atoms with Gasteiger partial charge in [-0.1, -0.05) is 11.3 Å². The van der Waals surface area contributed by atoms with Gasteiger partial charge in [0, 0.05) is 7.05 Å². The van der Waals surface area contributed by atoms with Crippen LogP contribution in [0.3, 0.4) is 0 Å². The molecule has 0 amide bonds. The molecular formula is C10H14N2O4S. The van der Waals surface area contributed by atoms with Crippen LogP contribution in [-0.4, -0.2) is 37.2 Å². The van der Waals surface area contributed by atoms with Crippen molar-refractivity contribution in [1.29, 1.82) is 0 Å². The summed E-state index contributed by atoms with van der Waals surface area (Å²) in [6.07, 6.45) is 0. The van der Waals surface area contributed by atoms with Gasteiger partial charge in [0.2, 0.25) is 0 Å². The molecule has 0 unspecified atom stereocenters. The molecule has 1 heterocycles. The van der Waals surface area contributed by atoms with Crippen molar-refractivity contribution in [1.82, 2.24) is 4.98 Å². The van der Waals surface area contributed by atoms with Crippen molar-refractivity contribution < 1.29 is 19.1 Å². The first kappa shape index (κ1) is 13.4. The third kappa shape index (κ3) is 3.16. The predicted octanol–water partition coefficient (Wildman–Crippen LogP) is 1.54. The highest BCUT2D eigenvalue weighted by atomic mass is 32.1. The summed E-state index contributed by atoms with van der Waals surface area (Å²) < 4.78 is 9.68. The van der Waals surface area contributed by atoms with E-state index >= 15 is 0 Å². The number of hydrogen-bond acceptors (Lipinski definition) is 7. The van der Waals surface area contributed by atoms with E-state index in [0.717, 1.165) is 11.3 Å². The molecule has 0 spiro atoms. The lowest BCUT2D eigenvalue weighted by atomic mass is 10.3. The standard InChI is InChI=1S/C10H14N2O4S/c1-4-15-8(13)6-7(9(14)16-5-2)17-10(11-3)12-6/h4-5H2,1-3H3,(H,11,12). The van der Waals surface area contributed by atoms with Crippen molar-refractivity contribution in [3.63, 3.8) is 0 Å². The van der Waals surface area contributed by atoms with Gasteiger partial charge >= 0.3 is 11.9 Å². The van der Waals surface area contributed by atoms with Crippen molar-refractivity contribution in [3.8, 4) is 0 Å². The van der Waals surface area contributed by atoms with Crippen molar-refractivity contribution >= 4 is 28.4 Å². The normalized spacial score (nSPS) is 9.82. The Morgan fingerprint density at radius 3 is 2.35 bits per heavy atom. The van der Waals surface area contributed by atoms with Gasteiger partial charge in [0.05, 0.1) is 13.2 Å². The molecule has 94 valence electrons. The fraction of sp³-hybridized carbons (Fsp3) is 0.500. The first-order valence-corrected chi connectivity index (χ1v) is 5.98. The Hall–Kier alpha value is -1.63. The third-order valence-electron chi connectivity index (χ3n) is 1.77. The number of aromatic nitrogens is 1. The first-order valence-electron chi connectivity index (χ1n) is 5.16. The van der Waals surface area contributed by atoms with Gasteiger partial charge in [-0.05, 0) is 13.8 Å². The molecule has 1 aromatic heterocycles. The van der Waals surface area contributed by atoms with E-state index in [1.54, 1.807) is 20.9 Å². The van der Waals surface area contributed by atoms with Crippen molar-refractivity contribution in [2.24, 2.45) is 0 Å². The maximum Gasteiger partial charge on any atom is 0.358 e. The number of anilines is 1. The van der Waals surface area contributed by atoms with Crippen LogP contribution in [0.25, 0.3) is 0 Å². The highest BCUT2D eigenvalue weighted by Gasteiger charge is 2.25. The van der Waals surface area contributed by atoms with Gasteiger partial charge in [0.25, 0.3) is 0 Å². The Balaban J connectivity index is 3.05. The second-order valence-electron chi connectivity index (χ2n) is 2.89. The van der Waals surface area contributed by atoms with Gasteiger partial charge in [0.15, 0.2) is 10.8 Å². The molecule has 0 radical (unpaired) electrons. The Morgan fingerprint density at radius 2 is 1.82 bits per heavy atom. The summed E-state index contributed by atoms with van der Waals surface area (Å²) in [5, 5.41) is 3.24. The maximum atomic E-state index is 11.6. The van der Waals surface area contributed by atoms with Gasteiger partial charge in [-0.2, -0.15) is 0 Å². The minimum absolute atomic E-state index is 0.000324. The van der Waals surface area contributed by atoms with Crippen molar-refractivity contribution in [3.05, 3.63) is 10.6 Å². The molecule has 0 saturated heterocycles. The van der Waals surface area contributed by atoms with Crippen molar-refractivity contribution in [2.75, 3.05) is 25.6 Å². The monoisotopic (exact) mass is 258 g/mol. The average Bonchev–Trinajstić information content (AvgIpc) is 2.73. The molecule has 1 rings (SSSR count). The smallest absolute Gasteiger partial charge is 0.358 e. The first-order chi connectivity index (χ1) is 8.13. The predicted molar refractivity (Wildman–Crippen MR) is 63.6 cm³/mol. The minimum atomic E-state index is -0.617. The van der Waals surface area contributed by atoms with E-state index in [1.165, 1.54) is 0 Å². The molecule has 0 atom stereocenters. The summed E-state index contributed by atoms with van der Waals surface area (Å²) in [6, 6.07) is 0. The Morgan fingerprint density at radius 1 is 1.24 bits per heavy atom. The molecule has 0 bridgehead atoms. The van der Waals surface area contributed by atoms with Crippen LogP contribution in [0.5, 0.6) is 0 Å². The number of nitrogens with zero attached hydrogens (tertiary/aromatic N) is 1. The molecule has 1 N–H and O–H groups in total. The molecule has 0 aromatic carbocycles. The Labute approximate surface area is 103 Å². The van der Waals surface area contributed by atoms with Crippen LogP contribution in [0.1, 0.15) is 34.0 Å². The molecule has 17 heavy (non-hydrogen) atoms. The van der Waals surface area contributed by atoms with Crippen LogP contribution in [0.15, 0.2) is 0 Å². The van der Waals surface area contributed by atoms with Crippen LogP contribution in [0.4, 0.5) is 5.13 Å². The maximum absolute atomic E-state index is 11.6. The lowest BCUT2D eigenvalue weighted by Crippen LogP contribution is -2.12. The second-order valence-corrected chi connectivity index (χ2v) is 3.89.